The van der Waals surface area contributed by atoms with E-state index in [9.17, 15) is 29.3 Å². The Hall–Kier alpha value is -4.34. The van der Waals surface area contributed by atoms with Crippen LogP contribution in [0, 0.1) is 22.0 Å². The molecule has 0 radical (unpaired) electrons. The highest BCUT2D eigenvalue weighted by molar-refractivity contribution is 6.22. The molecule has 0 aromatic heterocycles. The number of allylic oxidation sites excluding steroid dienone is 2. The summed E-state index contributed by atoms with van der Waals surface area (Å²) >= 11 is 0. The zero-order valence-electron chi connectivity index (χ0n) is 17.3. The van der Waals surface area contributed by atoms with E-state index in [4.69, 9.17) is 4.74 Å². The van der Waals surface area contributed by atoms with E-state index in [1.807, 2.05) is 12.2 Å². The van der Waals surface area contributed by atoms with Gasteiger partial charge in [0.2, 0.25) is 11.8 Å². The number of anilines is 2. The summed E-state index contributed by atoms with van der Waals surface area (Å²) in [4.78, 5) is 61.3. The van der Waals surface area contributed by atoms with Crippen LogP contribution in [0.25, 0.3) is 0 Å². The van der Waals surface area contributed by atoms with Crippen molar-refractivity contribution in [2.24, 2.45) is 11.8 Å². The first-order valence-electron chi connectivity index (χ1n) is 10.2. The van der Waals surface area contributed by atoms with Crippen LogP contribution in [0.5, 0.6) is 0 Å². The van der Waals surface area contributed by atoms with Crippen molar-refractivity contribution in [1.29, 1.82) is 0 Å². The third kappa shape index (κ3) is 4.49. The predicted molar refractivity (Wildman–Crippen MR) is 116 cm³/mol. The maximum Gasteiger partial charge on any atom is 0.338 e. The van der Waals surface area contributed by atoms with Crippen LogP contribution in [-0.2, 0) is 19.1 Å². The fraction of sp³-hybridized carbons (Fsp3) is 0.217. The van der Waals surface area contributed by atoms with Crippen molar-refractivity contribution in [1.82, 2.24) is 0 Å². The summed E-state index contributed by atoms with van der Waals surface area (Å²) in [5.74, 6) is -2.87. The molecule has 0 bridgehead atoms. The fourth-order valence-corrected chi connectivity index (χ4v) is 3.94. The second kappa shape index (κ2) is 9.03. The first-order valence-corrected chi connectivity index (χ1v) is 10.2. The highest BCUT2D eigenvalue weighted by Gasteiger charge is 2.47. The standard InChI is InChI=1S/C23H19N3O7/c27-20(24-15-6-4-8-17(12-15)26(31)32)13-33-23(30)14-5-3-7-16(11-14)25-21(28)18-9-1-2-10-19(18)22(25)29/h1-8,11-12,18-19H,9-10,13H2,(H,24,27)/t18-,19-/m0/s1. The van der Waals surface area contributed by atoms with Crippen LogP contribution < -0.4 is 10.2 Å². The van der Waals surface area contributed by atoms with Gasteiger partial charge >= 0.3 is 5.97 Å². The Morgan fingerprint density at radius 1 is 1.03 bits per heavy atom. The van der Waals surface area contributed by atoms with Gasteiger partial charge < -0.3 is 10.1 Å². The summed E-state index contributed by atoms with van der Waals surface area (Å²) in [7, 11) is 0. The van der Waals surface area contributed by atoms with Gasteiger partial charge in [0.1, 0.15) is 0 Å². The number of nitrogens with one attached hydrogen (secondary N) is 1. The monoisotopic (exact) mass is 449 g/mol. The van der Waals surface area contributed by atoms with E-state index in [1.165, 1.54) is 42.5 Å². The molecule has 0 spiro atoms. The van der Waals surface area contributed by atoms with Crippen LogP contribution in [0.15, 0.2) is 60.7 Å². The zero-order chi connectivity index (χ0) is 23.5. The topological polar surface area (TPSA) is 136 Å². The molecule has 3 amide bonds. The molecule has 0 unspecified atom stereocenters. The van der Waals surface area contributed by atoms with Crippen molar-refractivity contribution in [2.75, 3.05) is 16.8 Å². The molecule has 2 aromatic rings. The lowest BCUT2D eigenvalue weighted by Gasteiger charge is -2.15. The molecular weight excluding hydrogens is 430 g/mol. The first-order chi connectivity index (χ1) is 15.8. The van der Waals surface area contributed by atoms with Gasteiger partial charge in [0, 0.05) is 17.8 Å². The molecule has 10 heteroatoms. The van der Waals surface area contributed by atoms with Crippen LogP contribution in [0.3, 0.4) is 0 Å². The van der Waals surface area contributed by atoms with E-state index in [-0.39, 0.29) is 34.4 Å². The number of ether oxygens (including phenoxy) is 1. The molecule has 168 valence electrons. The van der Waals surface area contributed by atoms with Gasteiger partial charge in [0.25, 0.3) is 11.6 Å². The third-order valence-corrected chi connectivity index (χ3v) is 5.52. The largest absolute Gasteiger partial charge is 0.452 e. The number of hydrogen-bond donors (Lipinski definition) is 1. The van der Waals surface area contributed by atoms with Crippen LogP contribution in [0.2, 0.25) is 0 Å². The Kier molecular flexibility index (Phi) is 5.99. The minimum atomic E-state index is -0.816. The minimum Gasteiger partial charge on any atom is -0.452 e. The Balaban J connectivity index is 1.40. The summed E-state index contributed by atoms with van der Waals surface area (Å²) in [5, 5.41) is 13.2. The molecule has 1 heterocycles. The number of nitro benzene ring substituents is 1. The quantitative estimate of drug-likeness (QED) is 0.235. The number of esters is 1. The van der Waals surface area contributed by atoms with E-state index in [2.05, 4.69) is 5.32 Å². The molecule has 1 saturated heterocycles. The number of benzene rings is 2. The highest BCUT2D eigenvalue weighted by Crippen LogP contribution is 2.37. The van der Waals surface area contributed by atoms with Gasteiger partial charge in [-0.25, -0.2) is 4.79 Å². The molecule has 10 nitrogen and oxygen atoms in total. The van der Waals surface area contributed by atoms with Gasteiger partial charge in [-0.15, -0.1) is 0 Å². The van der Waals surface area contributed by atoms with Crippen LogP contribution >= 0.6 is 0 Å². The number of carbonyl (C=O) groups excluding carboxylic acids is 4. The van der Waals surface area contributed by atoms with Gasteiger partial charge in [0.05, 0.1) is 28.0 Å². The number of imide groups is 1. The van der Waals surface area contributed by atoms with Crippen LogP contribution in [-0.4, -0.2) is 35.2 Å². The number of amides is 3. The highest BCUT2D eigenvalue weighted by atomic mass is 16.6. The van der Waals surface area contributed by atoms with E-state index < -0.39 is 35.2 Å². The number of nitro groups is 1. The average Bonchev–Trinajstić information content (AvgIpc) is 3.08. The molecule has 2 aliphatic rings. The molecule has 2 atom stereocenters. The lowest BCUT2D eigenvalue weighted by molar-refractivity contribution is -0.384. The lowest BCUT2D eigenvalue weighted by Crippen LogP contribution is -2.31. The van der Waals surface area contributed by atoms with Gasteiger partial charge in [-0.1, -0.05) is 24.3 Å². The second-order valence-corrected chi connectivity index (χ2v) is 7.65. The SMILES string of the molecule is O=C(COC(=O)c1cccc(N2C(=O)[C@H]3CC=CC[C@@H]3C2=O)c1)Nc1cccc([N+](=O)[O-])c1. The minimum absolute atomic E-state index is 0.0734. The van der Waals surface area contributed by atoms with E-state index >= 15 is 0 Å². The Bertz CT molecular complexity index is 1160. The zero-order valence-corrected chi connectivity index (χ0v) is 17.3. The molecule has 1 aliphatic heterocycles. The number of hydrogen-bond acceptors (Lipinski definition) is 7. The molecule has 1 fully saturated rings. The Morgan fingerprint density at radius 2 is 1.70 bits per heavy atom. The van der Waals surface area contributed by atoms with E-state index in [0.717, 1.165) is 4.90 Å². The smallest absolute Gasteiger partial charge is 0.338 e. The molecule has 2 aromatic carbocycles. The maximum absolute atomic E-state index is 12.7. The van der Waals surface area contributed by atoms with Gasteiger partial charge in [-0.05, 0) is 37.1 Å². The molecule has 0 saturated carbocycles. The van der Waals surface area contributed by atoms with Crippen molar-refractivity contribution in [3.63, 3.8) is 0 Å². The van der Waals surface area contributed by atoms with Gasteiger partial charge in [0.15, 0.2) is 6.61 Å². The average molecular weight is 449 g/mol. The predicted octanol–water partition coefficient (Wildman–Crippen LogP) is 2.85. The normalized spacial score (nSPS) is 19.2. The van der Waals surface area contributed by atoms with Crippen molar-refractivity contribution < 1.29 is 28.8 Å². The molecule has 1 N–H and O–H groups in total. The van der Waals surface area contributed by atoms with Gasteiger partial charge in [-0.3, -0.25) is 29.4 Å². The summed E-state index contributed by atoms with van der Waals surface area (Å²) in [6.07, 6.45) is 4.80. The molecule has 33 heavy (non-hydrogen) atoms. The van der Waals surface area contributed by atoms with Crippen molar-refractivity contribution >= 4 is 40.8 Å². The number of fused-ring (bicyclic) bond motifs is 1. The maximum atomic E-state index is 12.7. The first kappa shape index (κ1) is 21.9. The number of carbonyl (C=O) groups is 4. The summed E-state index contributed by atoms with van der Waals surface area (Å²) in [6.45, 7) is -0.622. The summed E-state index contributed by atoms with van der Waals surface area (Å²) in [5.41, 5.74) is 0.344. The third-order valence-electron chi connectivity index (χ3n) is 5.52. The lowest BCUT2D eigenvalue weighted by atomic mass is 9.85. The fourth-order valence-electron chi connectivity index (χ4n) is 3.94. The van der Waals surface area contributed by atoms with E-state index in [0.29, 0.717) is 12.8 Å². The summed E-state index contributed by atoms with van der Waals surface area (Å²) < 4.78 is 5.02. The molecule has 1 aliphatic carbocycles. The van der Waals surface area contributed by atoms with Crippen LogP contribution in [0.1, 0.15) is 23.2 Å². The number of rotatable bonds is 6. The van der Waals surface area contributed by atoms with Crippen molar-refractivity contribution in [3.8, 4) is 0 Å². The van der Waals surface area contributed by atoms with Crippen molar-refractivity contribution in [3.05, 3.63) is 76.4 Å². The second-order valence-electron chi connectivity index (χ2n) is 7.65. The van der Waals surface area contributed by atoms with E-state index in [1.54, 1.807) is 6.07 Å². The Labute approximate surface area is 188 Å². The number of nitrogens with zero attached hydrogens (tertiary/aromatic N) is 2. The molecule has 4 rings (SSSR count). The summed E-state index contributed by atoms with van der Waals surface area (Å²) in [6, 6.07) is 11.3. The Morgan fingerprint density at radius 3 is 2.36 bits per heavy atom. The molecular formula is C23H19N3O7. The van der Waals surface area contributed by atoms with Gasteiger partial charge in [-0.2, -0.15) is 0 Å². The van der Waals surface area contributed by atoms with Crippen LogP contribution in [0.4, 0.5) is 17.1 Å². The number of non-ortho nitro benzene ring substituents is 1. The van der Waals surface area contributed by atoms with Crippen molar-refractivity contribution in [2.45, 2.75) is 12.8 Å².